The van der Waals surface area contributed by atoms with E-state index in [2.05, 4.69) is 10.3 Å². The van der Waals surface area contributed by atoms with Crippen LogP contribution in [0.4, 0.5) is 0 Å². The lowest BCUT2D eigenvalue weighted by molar-refractivity contribution is -0.121. The Morgan fingerprint density at radius 3 is 2.90 bits per heavy atom. The first-order chi connectivity index (χ1) is 15.1. The Hall–Kier alpha value is -2.51. The highest BCUT2D eigenvalue weighted by molar-refractivity contribution is 7.18. The van der Waals surface area contributed by atoms with E-state index < -0.39 is 0 Å². The van der Waals surface area contributed by atoms with E-state index in [0.29, 0.717) is 19.7 Å². The van der Waals surface area contributed by atoms with E-state index in [-0.39, 0.29) is 24.0 Å². The van der Waals surface area contributed by atoms with Crippen molar-refractivity contribution in [1.29, 1.82) is 0 Å². The van der Waals surface area contributed by atoms with Crippen LogP contribution in [0.1, 0.15) is 54.7 Å². The van der Waals surface area contributed by atoms with Crippen molar-refractivity contribution in [2.45, 2.75) is 58.1 Å². The largest absolute Gasteiger partial charge is 0.374 e. The third kappa shape index (κ3) is 5.22. The summed E-state index contributed by atoms with van der Waals surface area (Å²) in [4.78, 5) is 31.8. The monoisotopic (exact) mass is 439 g/mol. The topological polar surface area (TPSA) is 73.2 Å². The molecule has 1 atom stereocenters. The van der Waals surface area contributed by atoms with Gasteiger partial charge in [0, 0.05) is 31.0 Å². The van der Waals surface area contributed by atoms with Crippen LogP contribution in [-0.4, -0.2) is 28.6 Å². The zero-order valence-corrected chi connectivity index (χ0v) is 18.7. The molecule has 1 aliphatic rings. The maximum Gasteiger partial charge on any atom is 0.262 e. The second-order valence-electron chi connectivity index (χ2n) is 8.01. The van der Waals surface area contributed by atoms with E-state index in [9.17, 15) is 9.59 Å². The van der Waals surface area contributed by atoms with Crippen LogP contribution in [0.2, 0.25) is 0 Å². The molecule has 6 nitrogen and oxygen atoms in total. The van der Waals surface area contributed by atoms with Crippen LogP contribution in [0.25, 0.3) is 10.2 Å². The number of carbonyl (C=O) groups excluding carboxylic acids is 1. The van der Waals surface area contributed by atoms with Crippen molar-refractivity contribution in [3.8, 4) is 0 Å². The molecule has 164 valence electrons. The van der Waals surface area contributed by atoms with E-state index in [0.717, 1.165) is 41.5 Å². The molecule has 1 unspecified atom stereocenters. The molecule has 3 aromatic rings. The predicted octanol–water partition coefficient (Wildman–Crippen LogP) is 4.01. The number of hydrogen-bond donors (Lipinski definition) is 1. The number of nitrogens with zero attached hydrogens (tertiary/aromatic N) is 2. The number of fused-ring (bicyclic) bond motifs is 3. The molecule has 0 fully saturated rings. The summed E-state index contributed by atoms with van der Waals surface area (Å²) in [7, 11) is 0. The average Bonchev–Trinajstić information content (AvgIpc) is 3.18. The van der Waals surface area contributed by atoms with Gasteiger partial charge in [-0.05, 0) is 50.2 Å². The lowest BCUT2D eigenvalue weighted by atomic mass is 9.97. The minimum atomic E-state index is -0.0598. The quantitative estimate of drug-likeness (QED) is 0.511. The number of hydrogen-bond acceptors (Lipinski definition) is 5. The maximum absolute atomic E-state index is 12.9. The Bertz CT molecular complexity index is 1090. The molecule has 7 heteroatoms. The molecule has 2 aromatic heterocycles. The van der Waals surface area contributed by atoms with Gasteiger partial charge in [-0.1, -0.05) is 30.3 Å². The summed E-state index contributed by atoms with van der Waals surface area (Å²) in [6.45, 7) is 3.52. The van der Waals surface area contributed by atoms with Crippen molar-refractivity contribution < 1.29 is 9.53 Å². The molecular weight excluding hydrogens is 410 g/mol. The van der Waals surface area contributed by atoms with Gasteiger partial charge >= 0.3 is 0 Å². The Labute approximate surface area is 186 Å². The Morgan fingerprint density at radius 2 is 2.06 bits per heavy atom. The first-order valence-electron chi connectivity index (χ1n) is 11.1. The molecule has 0 radical (unpaired) electrons. The number of rotatable bonds is 9. The second-order valence-corrected chi connectivity index (χ2v) is 9.09. The van der Waals surface area contributed by atoms with Crippen LogP contribution in [0.5, 0.6) is 0 Å². The number of thiophene rings is 1. The van der Waals surface area contributed by atoms with Crippen LogP contribution in [0.3, 0.4) is 0 Å². The molecule has 4 rings (SSSR count). The molecule has 2 heterocycles. The number of amides is 1. The average molecular weight is 440 g/mol. The molecule has 0 saturated carbocycles. The van der Waals surface area contributed by atoms with Gasteiger partial charge in [0.25, 0.3) is 5.56 Å². The van der Waals surface area contributed by atoms with Gasteiger partial charge in [0.15, 0.2) is 0 Å². The number of aromatic nitrogens is 2. The van der Waals surface area contributed by atoms with E-state index in [4.69, 9.17) is 4.74 Å². The van der Waals surface area contributed by atoms with Gasteiger partial charge in [0.05, 0.1) is 17.8 Å². The van der Waals surface area contributed by atoms with E-state index in [1.807, 2.05) is 37.3 Å². The maximum atomic E-state index is 12.9. The predicted molar refractivity (Wildman–Crippen MR) is 124 cm³/mol. The third-order valence-corrected chi connectivity index (χ3v) is 7.00. The number of carbonyl (C=O) groups is 1. The van der Waals surface area contributed by atoms with E-state index in [1.54, 1.807) is 22.2 Å². The van der Waals surface area contributed by atoms with Crippen molar-refractivity contribution in [1.82, 2.24) is 14.9 Å². The normalized spacial score (nSPS) is 14.4. The van der Waals surface area contributed by atoms with Gasteiger partial charge in [0.1, 0.15) is 4.83 Å². The van der Waals surface area contributed by atoms with E-state index in [1.165, 1.54) is 16.9 Å². The zero-order chi connectivity index (χ0) is 21.6. The van der Waals surface area contributed by atoms with Gasteiger partial charge in [-0.3, -0.25) is 14.2 Å². The number of nitrogens with one attached hydrogen (secondary N) is 1. The molecule has 0 spiro atoms. The number of benzene rings is 1. The molecule has 1 aliphatic carbocycles. The van der Waals surface area contributed by atoms with Crippen LogP contribution in [-0.2, 0) is 28.9 Å². The minimum Gasteiger partial charge on any atom is -0.374 e. The molecule has 0 bridgehead atoms. The summed E-state index contributed by atoms with van der Waals surface area (Å²) in [5.74, 6) is -0.0598. The highest BCUT2D eigenvalue weighted by Crippen LogP contribution is 2.33. The molecular formula is C24H29N3O3S. The standard InChI is InChI=1S/C24H29N3O3S/c1-17(18-8-3-2-4-9-18)30-15-7-13-25-21(28)12-14-27-16-26-23-22(24(27)29)19-10-5-6-11-20(19)31-23/h2-4,8-9,16-17H,5-7,10-15H2,1H3,(H,25,28). The molecule has 0 aliphatic heterocycles. The summed E-state index contributed by atoms with van der Waals surface area (Å²) in [6.07, 6.45) is 6.95. The summed E-state index contributed by atoms with van der Waals surface area (Å²) in [5, 5.41) is 3.69. The van der Waals surface area contributed by atoms with Gasteiger partial charge in [-0.25, -0.2) is 4.98 Å². The van der Waals surface area contributed by atoms with Crippen LogP contribution in [0.15, 0.2) is 41.5 Å². The lowest BCUT2D eigenvalue weighted by Gasteiger charge is -2.13. The number of ether oxygens (including phenoxy) is 1. The summed E-state index contributed by atoms with van der Waals surface area (Å²) in [6, 6.07) is 10.1. The van der Waals surface area contributed by atoms with Crippen molar-refractivity contribution in [3.05, 3.63) is 63.0 Å². The van der Waals surface area contributed by atoms with Crippen LogP contribution < -0.4 is 10.9 Å². The molecule has 1 N–H and O–H groups in total. The molecule has 31 heavy (non-hydrogen) atoms. The van der Waals surface area contributed by atoms with E-state index >= 15 is 0 Å². The fraction of sp³-hybridized carbons (Fsp3) is 0.458. The third-order valence-electron chi connectivity index (χ3n) is 5.80. The van der Waals surface area contributed by atoms with Gasteiger partial charge in [-0.15, -0.1) is 11.3 Å². The first-order valence-corrected chi connectivity index (χ1v) is 11.9. The Balaban J connectivity index is 1.22. The fourth-order valence-corrected chi connectivity index (χ4v) is 5.25. The zero-order valence-electron chi connectivity index (χ0n) is 17.9. The van der Waals surface area contributed by atoms with Gasteiger partial charge < -0.3 is 10.1 Å². The summed E-state index contributed by atoms with van der Waals surface area (Å²) >= 11 is 1.65. The van der Waals surface area contributed by atoms with Crippen molar-refractivity contribution in [2.24, 2.45) is 0 Å². The molecule has 1 aromatic carbocycles. The number of aryl methyl sites for hydroxylation is 3. The summed E-state index contributed by atoms with van der Waals surface area (Å²) in [5.41, 5.74) is 2.32. The minimum absolute atomic E-state index is 0.0134. The highest BCUT2D eigenvalue weighted by Gasteiger charge is 2.20. The summed E-state index contributed by atoms with van der Waals surface area (Å²) < 4.78 is 7.41. The SMILES string of the molecule is CC(OCCCNC(=O)CCn1cnc2sc3c(c2c1=O)CCCC3)c1ccccc1. The highest BCUT2D eigenvalue weighted by atomic mass is 32.1. The Kier molecular flexibility index (Phi) is 7.14. The smallest absolute Gasteiger partial charge is 0.262 e. The van der Waals surface area contributed by atoms with Crippen LogP contribution >= 0.6 is 11.3 Å². The molecule has 0 saturated heterocycles. The second kappa shape index (κ2) is 10.2. The van der Waals surface area contributed by atoms with Crippen molar-refractivity contribution >= 4 is 27.5 Å². The first kappa shape index (κ1) is 21.7. The molecule has 1 amide bonds. The van der Waals surface area contributed by atoms with Crippen molar-refractivity contribution in [2.75, 3.05) is 13.2 Å². The van der Waals surface area contributed by atoms with Gasteiger partial charge in [0.2, 0.25) is 5.91 Å². The fourth-order valence-electron chi connectivity index (χ4n) is 4.03. The Morgan fingerprint density at radius 1 is 1.26 bits per heavy atom. The lowest BCUT2D eigenvalue weighted by Crippen LogP contribution is -2.28. The van der Waals surface area contributed by atoms with Crippen molar-refractivity contribution in [3.63, 3.8) is 0 Å². The van der Waals surface area contributed by atoms with Crippen LogP contribution in [0, 0.1) is 0 Å². The van der Waals surface area contributed by atoms with Gasteiger partial charge in [-0.2, -0.15) is 0 Å².